The fourth-order valence-electron chi connectivity index (χ4n) is 3.52. The van der Waals surface area contributed by atoms with Crippen molar-refractivity contribution in [1.29, 1.82) is 0 Å². The molecule has 31 heavy (non-hydrogen) atoms. The van der Waals surface area contributed by atoms with E-state index in [-0.39, 0.29) is 5.92 Å². The molecule has 3 amide bonds. The molecule has 3 rings (SSSR count). The number of carbonyl (C=O) groups excluding carboxylic acids is 3. The highest BCUT2D eigenvalue weighted by Crippen LogP contribution is 2.25. The summed E-state index contributed by atoms with van der Waals surface area (Å²) < 4.78 is 5.36. The van der Waals surface area contributed by atoms with Crippen LogP contribution in [-0.2, 0) is 27.2 Å². The minimum absolute atomic E-state index is 0.221. The highest BCUT2D eigenvalue weighted by atomic mass is 16.5. The lowest BCUT2D eigenvalue weighted by atomic mass is 10.0. The third kappa shape index (κ3) is 6.07. The van der Waals surface area contributed by atoms with Gasteiger partial charge in [-0.05, 0) is 67.5 Å². The average molecular weight is 424 g/mol. The molecular formula is C24H29N3O4. The lowest BCUT2D eigenvalue weighted by molar-refractivity contribution is -0.156. The van der Waals surface area contributed by atoms with E-state index in [4.69, 9.17) is 4.74 Å². The molecule has 2 atom stereocenters. The molecule has 0 heterocycles. The molecule has 1 aliphatic rings. The molecule has 7 heteroatoms. The summed E-state index contributed by atoms with van der Waals surface area (Å²) in [5.74, 6) is -1.29. The van der Waals surface area contributed by atoms with Crippen LogP contribution in [0.5, 0.6) is 0 Å². The van der Waals surface area contributed by atoms with Crippen LogP contribution in [0.15, 0.2) is 48.5 Å². The van der Waals surface area contributed by atoms with Crippen molar-refractivity contribution in [3.8, 4) is 0 Å². The van der Waals surface area contributed by atoms with Gasteiger partial charge in [-0.1, -0.05) is 38.1 Å². The lowest BCUT2D eigenvalue weighted by Gasteiger charge is -2.23. The summed E-state index contributed by atoms with van der Waals surface area (Å²) in [6.07, 6.45) is 2.21. The maximum Gasteiger partial charge on any atom is 0.329 e. The minimum atomic E-state index is -0.999. The van der Waals surface area contributed by atoms with Gasteiger partial charge in [0.2, 0.25) is 0 Å². The summed E-state index contributed by atoms with van der Waals surface area (Å²) in [4.78, 5) is 37.4. The van der Waals surface area contributed by atoms with Gasteiger partial charge in [0.1, 0.15) is 6.04 Å². The fraction of sp³-hybridized carbons (Fsp3) is 0.375. The minimum Gasteiger partial charge on any atom is -0.451 e. The van der Waals surface area contributed by atoms with Gasteiger partial charge in [0.25, 0.3) is 5.91 Å². The number of ether oxygens (including phenoxy) is 1. The molecule has 1 aliphatic carbocycles. The standard InChI is InChI=1S/C24H29N3O4/c1-15(2)21(27-24(30)26-19-10-5-4-6-11-19)23(29)31-16(3)22(28)25-20-13-12-17-8-7-9-18(17)14-20/h4-6,10-16,21H,7-9H2,1-3H3,(H,25,28)(H2,26,27,30)/t16-,21-/m1/s1. The smallest absolute Gasteiger partial charge is 0.329 e. The normalized spacial score (nSPS) is 14.3. The zero-order valence-electron chi connectivity index (χ0n) is 18.1. The van der Waals surface area contributed by atoms with Crippen molar-refractivity contribution < 1.29 is 19.1 Å². The van der Waals surface area contributed by atoms with Gasteiger partial charge in [-0.15, -0.1) is 0 Å². The first-order valence-electron chi connectivity index (χ1n) is 10.6. The zero-order valence-corrected chi connectivity index (χ0v) is 18.1. The first kappa shape index (κ1) is 22.3. The Labute approximate surface area is 182 Å². The Morgan fingerprint density at radius 2 is 1.58 bits per heavy atom. The van der Waals surface area contributed by atoms with E-state index < -0.39 is 30.1 Å². The topological polar surface area (TPSA) is 96.5 Å². The van der Waals surface area contributed by atoms with Crippen molar-refractivity contribution in [3.05, 3.63) is 59.7 Å². The van der Waals surface area contributed by atoms with Gasteiger partial charge in [-0.25, -0.2) is 9.59 Å². The van der Waals surface area contributed by atoms with Crippen molar-refractivity contribution in [1.82, 2.24) is 5.32 Å². The fourth-order valence-corrected chi connectivity index (χ4v) is 3.52. The number of rotatable bonds is 7. The number of aryl methyl sites for hydroxylation is 2. The number of carbonyl (C=O) groups is 3. The Kier molecular flexibility index (Phi) is 7.28. The second kappa shape index (κ2) is 10.1. The molecule has 2 aromatic rings. The number of amides is 3. The molecule has 0 fully saturated rings. The average Bonchev–Trinajstić information content (AvgIpc) is 3.20. The molecular weight excluding hydrogens is 394 g/mol. The summed E-state index contributed by atoms with van der Waals surface area (Å²) >= 11 is 0. The maximum atomic E-state index is 12.6. The number of nitrogens with one attached hydrogen (secondary N) is 3. The third-order valence-corrected chi connectivity index (χ3v) is 5.27. The SMILES string of the molecule is CC(C)[C@@H](NC(=O)Nc1ccccc1)C(=O)O[C@H](C)C(=O)Nc1ccc2c(c1)CCC2. The van der Waals surface area contributed by atoms with Crippen molar-refractivity contribution in [2.75, 3.05) is 10.6 Å². The van der Waals surface area contributed by atoms with Crippen molar-refractivity contribution in [3.63, 3.8) is 0 Å². The van der Waals surface area contributed by atoms with E-state index in [2.05, 4.69) is 16.0 Å². The van der Waals surface area contributed by atoms with Crippen LogP contribution < -0.4 is 16.0 Å². The molecule has 0 spiro atoms. The molecule has 164 valence electrons. The number of hydrogen-bond donors (Lipinski definition) is 3. The summed E-state index contributed by atoms with van der Waals surface area (Å²) in [6, 6.07) is 13.4. The number of anilines is 2. The van der Waals surface area contributed by atoms with E-state index in [0.29, 0.717) is 11.4 Å². The van der Waals surface area contributed by atoms with Crippen LogP contribution in [-0.4, -0.2) is 30.1 Å². The molecule has 3 N–H and O–H groups in total. The highest BCUT2D eigenvalue weighted by Gasteiger charge is 2.29. The van der Waals surface area contributed by atoms with Gasteiger partial charge in [0.15, 0.2) is 6.10 Å². The van der Waals surface area contributed by atoms with Gasteiger partial charge in [-0.2, -0.15) is 0 Å². The van der Waals surface area contributed by atoms with E-state index in [1.54, 1.807) is 38.1 Å². The molecule has 0 saturated carbocycles. The predicted molar refractivity (Wildman–Crippen MR) is 120 cm³/mol. The van der Waals surface area contributed by atoms with Gasteiger partial charge >= 0.3 is 12.0 Å². The summed E-state index contributed by atoms with van der Waals surface area (Å²) in [5.41, 5.74) is 3.86. The Balaban J connectivity index is 1.55. The number of urea groups is 1. The number of benzene rings is 2. The molecule has 0 radical (unpaired) electrons. The molecule has 0 aromatic heterocycles. The number of fused-ring (bicyclic) bond motifs is 1. The summed E-state index contributed by atoms with van der Waals surface area (Å²) in [7, 11) is 0. The highest BCUT2D eigenvalue weighted by molar-refractivity contribution is 5.96. The third-order valence-electron chi connectivity index (χ3n) is 5.27. The Hall–Kier alpha value is -3.35. The van der Waals surface area contributed by atoms with E-state index >= 15 is 0 Å². The van der Waals surface area contributed by atoms with Gasteiger partial charge < -0.3 is 20.7 Å². The molecule has 0 aliphatic heterocycles. The van der Waals surface area contributed by atoms with E-state index in [1.165, 1.54) is 18.1 Å². The first-order valence-corrected chi connectivity index (χ1v) is 10.6. The first-order chi connectivity index (χ1) is 14.8. The number of para-hydroxylation sites is 1. The van der Waals surface area contributed by atoms with Crippen LogP contribution >= 0.6 is 0 Å². The van der Waals surface area contributed by atoms with Gasteiger partial charge in [-0.3, -0.25) is 4.79 Å². The monoisotopic (exact) mass is 423 g/mol. The van der Waals surface area contributed by atoms with Crippen molar-refractivity contribution >= 4 is 29.3 Å². The summed E-state index contributed by atoms with van der Waals surface area (Å²) in [6.45, 7) is 5.11. The maximum absolute atomic E-state index is 12.6. The second-order valence-electron chi connectivity index (χ2n) is 8.09. The molecule has 0 saturated heterocycles. The van der Waals surface area contributed by atoms with Crippen LogP contribution in [0.25, 0.3) is 0 Å². The zero-order chi connectivity index (χ0) is 22.4. The summed E-state index contributed by atoms with van der Waals surface area (Å²) in [5, 5.41) is 8.11. The van der Waals surface area contributed by atoms with Gasteiger partial charge in [0.05, 0.1) is 0 Å². The van der Waals surface area contributed by atoms with Crippen molar-refractivity contribution in [2.45, 2.75) is 52.2 Å². The van der Waals surface area contributed by atoms with E-state index in [1.807, 2.05) is 24.3 Å². The predicted octanol–water partition coefficient (Wildman–Crippen LogP) is 3.89. The van der Waals surface area contributed by atoms with Crippen molar-refractivity contribution in [2.24, 2.45) is 5.92 Å². The Morgan fingerprint density at radius 1 is 0.871 bits per heavy atom. The number of hydrogen-bond acceptors (Lipinski definition) is 4. The van der Waals surface area contributed by atoms with E-state index in [9.17, 15) is 14.4 Å². The van der Waals surface area contributed by atoms with Crippen LogP contribution in [0.1, 0.15) is 38.3 Å². The Bertz CT molecular complexity index is 943. The quantitative estimate of drug-likeness (QED) is 0.589. The lowest BCUT2D eigenvalue weighted by Crippen LogP contribution is -2.48. The largest absolute Gasteiger partial charge is 0.451 e. The molecule has 0 bridgehead atoms. The second-order valence-corrected chi connectivity index (χ2v) is 8.09. The molecule has 7 nitrogen and oxygen atoms in total. The van der Waals surface area contributed by atoms with Crippen LogP contribution in [0, 0.1) is 5.92 Å². The number of esters is 1. The molecule has 0 unspecified atom stereocenters. The van der Waals surface area contributed by atoms with E-state index in [0.717, 1.165) is 19.3 Å². The van der Waals surface area contributed by atoms with Crippen LogP contribution in [0.2, 0.25) is 0 Å². The van der Waals surface area contributed by atoms with Gasteiger partial charge in [0, 0.05) is 11.4 Å². The van der Waals surface area contributed by atoms with Crippen LogP contribution in [0.3, 0.4) is 0 Å². The Morgan fingerprint density at radius 3 is 2.29 bits per heavy atom. The molecule has 2 aromatic carbocycles. The van der Waals surface area contributed by atoms with Crippen LogP contribution in [0.4, 0.5) is 16.2 Å².